The summed E-state index contributed by atoms with van der Waals surface area (Å²) < 4.78 is 17.4. The van der Waals surface area contributed by atoms with Crippen molar-refractivity contribution in [3.05, 3.63) is 57.6 Å². The first kappa shape index (κ1) is 24.9. The number of aliphatic hydroxyl groups is 2. The third-order valence-corrected chi connectivity index (χ3v) is 7.75. The van der Waals surface area contributed by atoms with Crippen LogP contribution in [0, 0.1) is 0 Å². The molecular formula is C27H31NO8. The fraction of sp³-hybridized carbons (Fsp3) is 0.481. The van der Waals surface area contributed by atoms with E-state index in [9.17, 15) is 24.9 Å². The number of benzene rings is 2. The lowest BCUT2D eigenvalue weighted by Gasteiger charge is -2.42. The lowest BCUT2D eigenvalue weighted by molar-refractivity contribution is -0.247. The number of nitrogens with two attached hydrogens (primary N) is 1. The normalized spacial score (nSPS) is 31.4. The molecule has 6 atom stereocenters. The van der Waals surface area contributed by atoms with Crippen LogP contribution in [0.5, 0.6) is 11.5 Å². The Morgan fingerprint density at radius 3 is 2.61 bits per heavy atom. The molecule has 1 aliphatic heterocycles. The standard InChI is InChI=1S/C27H31NO8/c1-4-27(33)10-13-8-15-22(26(32)21-14(24(15)30)6-5-7-17(21)34-3)25(31)20(13)18(11-27)36-19-9-16(28)23(29)12(2)35-19/h5-8,12,16,18-19,23,29,31,33H,4,9-11,28H2,1-3H3/t12-,16-,18-,19-,23+,27-/m0/s1. The minimum atomic E-state index is -1.15. The largest absolute Gasteiger partial charge is 0.507 e. The first-order chi connectivity index (χ1) is 17.1. The zero-order valence-electron chi connectivity index (χ0n) is 20.5. The van der Waals surface area contributed by atoms with E-state index in [1.807, 2.05) is 6.92 Å². The molecule has 1 heterocycles. The molecule has 3 aliphatic rings. The van der Waals surface area contributed by atoms with E-state index in [4.69, 9.17) is 19.9 Å². The third kappa shape index (κ3) is 3.82. The monoisotopic (exact) mass is 497 g/mol. The van der Waals surface area contributed by atoms with Crippen molar-refractivity contribution in [2.75, 3.05) is 7.11 Å². The van der Waals surface area contributed by atoms with E-state index < -0.39 is 47.8 Å². The Bertz CT molecular complexity index is 1230. The first-order valence-corrected chi connectivity index (χ1v) is 12.2. The molecule has 0 spiro atoms. The molecule has 9 heteroatoms. The van der Waals surface area contributed by atoms with E-state index in [1.54, 1.807) is 31.2 Å². The Labute approximate surface area is 208 Å². The van der Waals surface area contributed by atoms with Crippen molar-refractivity contribution >= 4 is 11.6 Å². The highest BCUT2D eigenvalue weighted by Gasteiger charge is 2.45. The number of rotatable bonds is 4. The highest BCUT2D eigenvalue weighted by Crippen LogP contribution is 2.49. The van der Waals surface area contributed by atoms with E-state index in [0.717, 1.165) is 0 Å². The van der Waals surface area contributed by atoms with Gasteiger partial charge >= 0.3 is 0 Å². The average molecular weight is 498 g/mol. The summed E-state index contributed by atoms with van der Waals surface area (Å²) in [5.41, 5.74) is 6.10. The van der Waals surface area contributed by atoms with Crippen LogP contribution in [0.1, 0.15) is 82.2 Å². The molecule has 0 unspecified atom stereocenters. The molecule has 9 nitrogen and oxygen atoms in total. The Morgan fingerprint density at radius 1 is 1.19 bits per heavy atom. The molecule has 2 aromatic rings. The summed E-state index contributed by atoms with van der Waals surface area (Å²) in [6.07, 6.45) is -2.05. The van der Waals surface area contributed by atoms with Crippen LogP contribution >= 0.6 is 0 Å². The van der Waals surface area contributed by atoms with Crippen LogP contribution in [-0.2, 0) is 15.9 Å². The predicted octanol–water partition coefficient (Wildman–Crippen LogP) is 2.14. The predicted molar refractivity (Wildman–Crippen MR) is 128 cm³/mol. The zero-order chi connectivity index (χ0) is 25.9. The summed E-state index contributed by atoms with van der Waals surface area (Å²) >= 11 is 0. The van der Waals surface area contributed by atoms with Crippen molar-refractivity contribution in [1.29, 1.82) is 0 Å². The summed E-state index contributed by atoms with van der Waals surface area (Å²) in [4.78, 5) is 27.0. The number of phenolic OH excluding ortho intramolecular Hbond substituents is 1. The van der Waals surface area contributed by atoms with Crippen LogP contribution in [0.3, 0.4) is 0 Å². The molecule has 2 aromatic carbocycles. The van der Waals surface area contributed by atoms with Crippen molar-refractivity contribution in [3.8, 4) is 11.5 Å². The highest BCUT2D eigenvalue weighted by atomic mass is 16.7. The molecule has 0 saturated carbocycles. The minimum absolute atomic E-state index is 0.0868. The van der Waals surface area contributed by atoms with Gasteiger partial charge < -0.3 is 35.3 Å². The molecular weight excluding hydrogens is 466 g/mol. The molecule has 36 heavy (non-hydrogen) atoms. The molecule has 5 N–H and O–H groups in total. The van der Waals surface area contributed by atoms with E-state index in [0.29, 0.717) is 17.5 Å². The van der Waals surface area contributed by atoms with Crippen molar-refractivity contribution < 1.29 is 39.1 Å². The maximum Gasteiger partial charge on any atom is 0.201 e. The van der Waals surface area contributed by atoms with Crippen molar-refractivity contribution in [2.45, 2.75) is 75.8 Å². The zero-order valence-corrected chi connectivity index (χ0v) is 20.5. The highest BCUT2D eigenvalue weighted by molar-refractivity contribution is 6.30. The fourth-order valence-corrected chi connectivity index (χ4v) is 5.66. The number of hydrogen-bond donors (Lipinski definition) is 4. The van der Waals surface area contributed by atoms with Crippen molar-refractivity contribution in [3.63, 3.8) is 0 Å². The van der Waals surface area contributed by atoms with Gasteiger partial charge in [0.05, 0.1) is 42.1 Å². The van der Waals surface area contributed by atoms with E-state index >= 15 is 0 Å². The molecule has 1 saturated heterocycles. The summed E-state index contributed by atoms with van der Waals surface area (Å²) in [5, 5.41) is 32.9. The van der Waals surface area contributed by atoms with Crippen LogP contribution in [0.2, 0.25) is 0 Å². The Morgan fingerprint density at radius 2 is 1.94 bits per heavy atom. The van der Waals surface area contributed by atoms with Crippen LogP contribution in [0.4, 0.5) is 0 Å². The Kier molecular flexibility index (Phi) is 6.17. The number of fused-ring (bicyclic) bond motifs is 3. The molecule has 0 radical (unpaired) electrons. The topological polar surface area (TPSA) is 149 Å². The van der Waals surface area contributed by atoms with E-state index in [1.165, 1.54) is 7.11 Å². The number of carbonyl (C=O) groups is 2. The van der Waals surface area contributed by atoms with E-state index in [-0.39, 0.29) is 53.0 Å². The smallest absolute Gasteiger partial charge is 0.201 e. The second-order valence-corrected chi connectivity index (χ2v) is 10.0. The lowest BCUT2D eigenvalue weighted by atomic mass is 9.73. The van der Waals surface area contributed by atoms with Crippen LogP contribution < -0.4 is 10.5 Å². The lowest BCUT2D eigenvalue weighted by Crippen LogP contribution is -2.52. The maximum absolute atomic E-state index is 13.6. The second-order valence-electron chi connectivity index (χ2n) is 10.0. The van der Waals surface area contributed by atoms with Crippen molar-refractivity contribution in [1.82, 2.24) is 0 Å². The second kappa shape index (κ2) is 8.93. The molecule has 1 fully saturated rings. The number of methoxy groups -OCH3 is 1. The average Bonchev–Trinajstić information content (AvgIpc) is 2.84. The van der Waals surface area contributed by atoms with Gasteiger partial charge in [-0.3, -0.25) is 9.59 Å². The first-order valence-electron chi connectivity index (χ1n) is 12.2. The number of phenols is 1. The molecule has 192 valence electrons. The van der Waals surface area contributed by atoms with Gasteiger partial charge in [0.2, 0.25) is 5.78 Å². The summed E-state index contributed by atoms with van der Waals surface area (Å²) in [6, 6.07) is 5.82. The fourth-order valence-electron chi connectivity index (χ4n) is 5.66. The van der Waals surface area contributed by atoms with Gasteiger partial charge in [-0.15, -0.1) is 0 Å². The number of ether oxygens (including phenoxy) is 3. The SMILES string of the molecule is CC[C@]1(O)Cc2cc3c(c(O)c2[C@@H](O[C@H]2C[C@H](N)[C@H](O)[C@H](C)O2)C1)C(=O)c1c(OC)cccc1C3=O. The molecule has 0 amide bonds. The van der Waals surface area contributed by atoms with Gasteiger partial charge in [0.1, 0.15) is 11.5 Å². The molecule has 0 bridgehead atoms. The molecule has 5 rings (SSSR count). The molecule has 0 aromatic heterocycles. The maximum atomic E-state index is 13.6. The quantitative estimate of drug-likeness (QED) is 0.425. The van der Waals surface area contributed by atoms with E-state index in [2.05, 4.69) is 0 Å². The number of aliphatic hydroxyl groups excluding tert-OH is 1. The van der Waals surface area contributed by atoms with Crippen molar-refractivity contribution in [2.24, 2.45) is 5.73 Å². The van der Waals surface area contributed by atoms with Crippen LogP contribution in [0.15, 0.2) is 24.3 Å². The van der Waals surface area contributed by atoms with Gasteiger partial charge in [0.15, 0.2) is 12.1 Å². The summed E-state index contributed by atoms with van der Waals surface area (Å²) in [7, 11) is 1.41. The van der Waals surface area contributed by atoms with Gasteiger partial charge in [-0.05, 0) is 31.0 Å². The van der Waals surface area contributed by atoms with Gasteiger partial charge in [0, 0.05) is 42.0 Å². The van der Waals surface area contributed by atoms with Gasteiger partial charge in [-0.25, -0.2) is 0 Å². The van der Waals surface area contributed by atoms with Gasteiger partial charge in [-0.1, -0.05) is 19.1 Å². The molecule has 2 aliphatic carbocycles. The summed E-state index contributed by atoms with van der Waals surface area (Å²) in [5.74, 6) is -1.00. The number of aromatic hydroxyl groups is 1. The number of carbonyl (C=O) groups excluding carboxylic acids is 2. The number of ketones is 2. The number of hydrogen-bond acceptors (Lipinski definition) is 9. The third-order valence-electron chi connectivity index (χ3n) is 7.75. The van der Waals surface area contributed by atoms with Gasteiger partial charge in [-0.2, -0.15) is 0 Å². The summed E-state index contributed by atoms with van der Waals surface area (Å²) in [6.45, 7) is 3.54. The van der Waals surface area contributed by atoms with Crippen LogP contribution in [0.25, 0.3) is 0 Å². The Hall–Kier alpha value is -2.82. The Balaban J connectivity index is 1.62. The van der Waals surface area contributed by atoms with Crippen LogP contribution in [-0.4, -0.2) is 64.1 Å². The van der Waals surface area contributed by atoms with Gasteiger partial charge in [0.25, 0.3) is 0 Å². The minimum Gasteiger partial charge on any atom is -0.507 e.